The molecule has 0 bridgehead atoms. The van der Waals surface area contributed by atoms with Gasteiger partial charge in [-0.1, -0.05) is 18.2 Å². The second-order valence-electron chi connectivity index (χ2n) is 6.20. The zero-order valence-corrected chi connectivity index (χ0v) is 13.1. The molecule has 0 aromatic heterocycles. The molecule has 3 nitrogen and oxygen atoms in total. The van der Waals surface area contributed by atoms with Crippen molar-refractivity contribution in [1.82, 2.24) is 10.2 Å². The van der Waals surface area contributed by atoms with Gasteiger partial charge in [-0.05, 0) is 62.3 Å². The van der Waals surface area contributed by atoms with Gasteiger partial charge in [0.05, 0.1) is 6.04 Å². The summed E-state index contributed by atoms with van der Waals surface area (Å²) in [7, 11) is 3.66. The standard InChI is InChI=1S/C17H26N2O/c1-12-6-5-7-13(2)15(12)10-14-8-9-18-16(11-14)17(20)19(3)4/h5-7,14,16,18H,8-11H2,1-4H3. The van der Waals surface area contributed by atoms with Gasteiger partial charge in [0.25, 0.3) is 0 Å². The van der Waals surface area contributed by atoms with Gasteiger partial charge in [-0.25, -0.2) is 0 Å². The highest BCUT2D eigenvalue weighted by molar-refractivity contribution is 5.81. The quantitative estimate of drug-likeness (QED) is 0.917. The molecule has 0 aliphatic carbocycles. The first-order valence-corrected chi connectivity index (χ1v) is 7.48. The molecule has 0 saturated carbocycles. The van der Waals surface area contributed by atoms with Gasteiger partial charge in [-0.15, -0.1) is 0 Å². The molecule has 3 heteroatoms. The Kier molecular flexibility index (Phi) is 4.81. The van der Waals surface area contributed by atoms with Gasteiger partial charge in [-0.3, -0.25) is 4.79 Å². The summed E-state index contributed by atoms with van der Waals surface area (Å²) < 4.78 is 0. The first kappa shape index (κ1) is 15.0. The van der Waals surface area contributed by atoms with Gasteiger partial charge in [0.15, 0.2) is 0 Å². The number of benzene rings is 1. The molecule has 1 aromatic carbocycles. The van der Waals surface area contributed by atoms with E-state index in [1.54, 1.807) is 4.90 Å². The number of nitrogens with one attached hydrogen (secondary N) is 1. The average molecular weight is 274 g/mol. The van der Waals surface area contributed by atoms with Gasteiger partial charge in [-0.2, -0.15) is 0 Å². The van der Waals surface area contributed by atoms with Crippen LogP contribution >= 0.6 is 0 Å². The Labute approximate surface area is 122 Å². The minimum Gasteiger partial charge on any atom is -0.347 e. The number of aryl methyl sites for hydroxylation is 2. The maximum atomic E-state index is 12.1. The first-order valence-electron chi connectivity index (χ1n) is 7.48. The van der Waals surface area contributed by atoms with Gasteiger partial charge in [0, 0.05) is 14.1 Å². The number of rotatable bonds is 3. The van der Waals surface area contributed by atoms with E-state index in [0.717, 1.165) is 25.8 Å². The number of piperidine rings is 1. The molecule has 1 fully saturated rings. The van der Waals surface area contributed by atoms with Crippen molar-refractivity contribution in [3.8, 4) is 0 Å². The Morgan fingerprint density at radius 2 is 1.95 bits per heavy atom. The number of likely N-dealkylation sites (N-methyl/N-ethyl adjacent to an activating group) is 1. The van der Waals surface area contributed by atoms with Crippen LogP contribution in [0.15, 0.2) is 18.2 Å². The Hall–Kier alpha value is -1.35. The molecule has 1 saturated heterocycles. The van der Waals surface area contributed by atoms with Crippen LogP contribution in [0.3, 0.4) is 0 Å². The predicted molar refractivity (Wildman–Crippen MR) is 82.8 cm³/mol. The summed E-state index contributed by atoms with van der Waals surface area (Å²) >= 11 is 0. The molecule has 1 heterocycles. The molecule has 1 aliphatic heterocycles. The molecule has 1 aliphatic rings. The summed E-state index contributed by atoms with van der Waals surface area (Å²) in [6.45, 7) is 5.32. The molecule has 2 unspecified atom stereocenters. The molecule has 110 valence electrons. The van der Waals surface area contributed by atoms with Crippen molar-refractivity contribution in [3.05, 3.63) is 34.9 Å². The van der Waals surface area contributed by atoms with Crippen molar-refractivity contribution < 1.29 is 4.79 Å². The fraction of sp³-hybridized carbons (Fsp3) is 0.588. The molecule has 1 aromatic rings. The highest BCUT2D eigenvalue weighted by Crippen LogP contribution is 2.25. The van der Waals surface area contributed by atoms with Crippen molar-refractivity contribution in [2.45, 2.75) is 39.2 Å². The summed E-state index contributed by atoms with van der Waals surface area (Å²) in [5, 5.41) is 3.35. The summed E-state index contributed by atoms with van der Waals surface area (Å²) in [6, 6.07) is 6.49. The predicted octanol–water partition coefficient (Wildman–Crippen LogP) is 2.30. The Morgan fingerprint density at radius 3 is 2.55 bits per heavy atom. The Morgan fingerprint density at radius 1 is 1.30 bits per heavy atom. The van der Waals surface area contributed by atoms with Gasteiger partial charge in [0.2, 0.25) is 5.91 Å². The number of nitrogens with zero attached hydrogens (tertiary/aromatic N) is 1. The highest BCUT2D eigenvalue weighted by Gasteiger charge is 2.28. The summed E-state index contributed by atoms with van der Waals surface area (Å²) in [5.74, 6) is 0.807. The lowest BCUT2D eigenvalue weighted by molar-refractivity contribution is -0.131. The topological polar surface area (TPSA) is 32.3 Å². The molecule has 1 N–H and O–H groups in total. The maximum Gasteiger partial charge on any atom is 0.239 e. The second kappa shape index (κ2) is 6.40. The zero-order valence-electron chi connectivity index (χ0n) is 13.1. The molecular formula is C17H26N2O. The van der Waals surface area contributed by atoms with Crippen LogP contribution < -0.4 is 5.32 Å². The van der Waals surface area contributed by atoms with Crippen LogP contribution in [0.1, 0.15) is 29.5 Å². The van der Waals surface area contributed by atoms with E-state index in [-0.39, 0.29) is 11.9 Å². The zero-order chi connectivity index (χ0) is 14.7. The van der Waals surface area contributed by atoms with E-state index in [1.807, 2.05) is 14.1 Å². The third kappa shape index (κ3) is 3.40. The average Bonchev–Trinajstić information content (AvgIpc) is 2.42. The molecule has 2 atom stereocenters. The minimum atomic E-state index is -0.00641. The van der Waals surface area contributed by atoms with E-state index in [2.05, 4.69) is 37.4 Å². The second-order valence-corrected chi connectivity index (χ2v) is 6.20. The van der Waals surface area contributed by atoms with E-state index < -0.39 is 0 Å². The van der Waals surface area contributed by atoms with Crippen LogP contribution in [0.4, 0.5) is 0 Å². The molecule has 0 radical (unpaired) electrons. The van der Waals surface area contributed by atoms with Crippen LogP contribution in [0.25, 0.3) is 0 Å². The molecular weight excluding hydrogens is 248 g/mol. The lowest BCUT2D eigenvalue weighted by Crippen LogP contribution is -2.48. The van der Waals surface area contributed by atoms with E-state index >= 15 is 0 Å². The number of carbonyl (C=O) groups is 1. The number of hydrogen-bond donors (Lipinski definition) is 1. The largest absolute Gasteiger partial charge is 0.347 e. The van der Waals surface area contributed by atoms with Crippen LogP contribution in [0.2, 0.25) is 0 Å². The minimum absolute atomic E-state index is 0.00641. The van der Waals surface area contributed by atoms with E-state index in [4.69, 9.17) is 0 Å². The van der Waals surface area contributed by atoms with Crippen LogP contribution in [-0.4, -0.2) is 37.5 Å². The van der Waals surface area contributed by atoms with Crippen LogP contribution in [0, 0.1) is 19.8 Å². The third-order valence-electron chi connectivity index (χ3n) is 4.39. The Bertz CT molecular complexity index is 462. The van der Waals surface area contributed by atoms with E-state index in [1.165, 1.54) is 16.7 Å². The maximum absolute atomic E-state index is 12.1. The third-order valence-corrected chi connectivity index (χ3v) is 4.39. The number of carbonyl (C=O) groups excluding carboxylic acids is 1. The van der Waals surface area contributed by atoms with E-state index in [9.17, 15) is 4.79 Å². The fourth-order valence-electron chi connectivity index (χ4n) is 3.14. The fourth-order valence-corrected chi connectivity index (χ4v) is 3.14. The smallest absolute Gasteiger partial charge is 0.239 e. The van der Waals surface area contributed by atoms with Gasteiger partial charge >= 0.3 is 0 Å². The molecule has 0 spiro atoms. The molecule has 2 rings (SSSR count). The summed E-state index contributed by atoms with van der Waals surface area (Å²) in [6.07, 6.45) is 3.20. The monoisotopic (exact) mass is 274 g/mol. The highest BCUT2D eigenvalue weighted by atomic mass is 16.2. The van der Waals surface area contributed by atoms with E-state index in [0.29, 0.717) is 5.92 Å². The van der Waals surface area contributed by atoms with Crippen molar-refractivity contribution in [2.24, 2.45) is 5.92 Å². The SMILES string of the molecule is Cc1cccc(C)c1CC1CCNC(C(=O)N(C)C)C1. The van der Waals surface area contributed by atoms with Crippen molar-refractivity contribution in [2.75, 3.05) is 20.6 Å². The summed E-state index contributed by atoms with van der Waals surface area (Å²) in [5.41, 5.74) is 4.22. The lowest BCUT2D eigenvalue weighted by atomic mass is 9.84. The van der Waals surface area contributed by atoms with Gasteiger partial charge in [0.1, 0.15) is 0 Å². The number of hydrogen-bond acceptors (Lipinski definition) is 2. The van der Waals surface area contributed by atoms with Crippen molar-refractivity contribution >= 4 is 5.91 Å². The Balaban J connectivity index is 2.05. The molecule has 1 amide bonds. The summed E-state index contributed by atoms with van der Waals surface area (Å²) in [4.78, 5) is 13.8. The first-order chi connectivity index (χ1) is 9.49. The van der Waals surface area contributed by atoms with Crippen molar-refractivity contribution in [1.29, 1.82) is 0 Å². The molecule has 20 heavy (non-hydrogen) atoms. The van der Waals surface area contributed by atoms with Gasteiger partial charge < -0.3 is 10.2 Å². The van der Waals surface area contributed by atoms with Crippen LogP contribution in [0.5, 0.6) is 0 Å². The normalized spacial score (nSPS) is 22.6. The lowest BCUT2D eigenvalue weighted by Gasteiger charge is -2.31. The number of amides is 1. The van der Waals surface area contributed by atoms with Crippen molar-refractivity contribution in [3.63, 3.8) is 0 Å². The van der Waals surface area contributed by atoms with Crippen LogP contribution in [-0.2, 0) is 11.2 Å².